The standard InChI is InChI=1S/C71H114O6/c1-4-7-10-13-16-19-21-23-25-27-29-31-32-33-34-35-36-37-38-40-41-43-45-47-49-52-55-58-61-64-70(73)76-67-68(66-75-69(72)63-60-57-54-51-18-15-12-9-6-3)77-71(74)65-62-59-56-53-50-48-46-44-42-39-30-28-26-24-22-20-17-14-11-8-5-2/h7-8,10-11,16-17,19-20,23-26,29-31,33-34,36-37,39-41,45,47,68H,4-6,9,12-15,18,21-22,27-28,32,35,38,42-44,46,48-67H2,1-3H3/b10-7-,11-8-,19-16-,20-17-,25-23-,26-24-,31-29-,34-33-,37-36-,39-30-,41-40-,47-45-. The van der Waals surface area contributed by atoms with Gasteiger partial charge in [0.25, 0.3) is 0 Å². The highest BCUT2D eigenvalue weighted by atomic mass is 16.6. The van der Waals surface area contributed by atoms with E-state index >= 15 is 0 Å². The summed E-state index contributed by atoms with van der Waals surface area (Å²) >= 11 is 0. The molecular weight excluding hydrogens is 949 g/mol. The molecule has 0 heterocycles. The molecule has 1 unspecified atom stereocenters. The second kappa shape index (κ2) is 63.8. The van der Waals surface area contributed by atoms with E-state index in [0.29, 0.717) is 19.3 Å². The number of hydrogen-bond donors (Lipinski definition) is 0. The average molecular weight is 1060 g/mol. The molecule has 0 aliphatic carbocycles. The first-order valence-corrected chi connectivity index (χ1v) is 31.3. The van der Waals surface area contributed by atoms with Gasteiger partial charge in [-0.15, -0.1) is 0 Å². The molecule has 0 aliphatic rings. The molecule has 6 heteroatoms. The zero-order valence-electron chi connectivity index (χ0n) is 49.7. The molecule has 434 valence electrons. The van der Waals surface area contributed by atoms with Crippen molar-refractivity contribution in [1.29, 1.82) is 0 Å². The molecule has 0 spiro atoms. The molecule has 0 aromatic rings. The normalized spacial score (nSPS) is 13.1. The Labute approximate surface area is 474 Å². The number of hydrogen-bond acceptors (Lipinski definition) is 6. The van der Waals surface area contributed by atoms with Crippen LogP contribution in [-0.2, 0) is 28.6 Å². The third-order valence-corrected chi connectivity index (χ3v) is 12.8. The van der Waals surface area contributed by atoms with Crippen molar-refractivity contribution in [3.05, 3.63) is 146 Å². The Morgan fingerprint density at radius 1 is 0.273 bits per heavy atom. The Kier molecular flexibility index (Phi) is 59.9. The van der Waals surface area contributed by atoms with Gasteiger partial charge in [-0.2, -0.15) is 0 Å². The van der Waals surface area contributed by atoms with Crippen molar-refractivity contribution in [3.63, 3.8) is 0 Å². The van der Waals surface area contributed by atoms with E-state index in [1.807, 2.05) is 0 Å². The minimum atomic E-state index is -0.798. The van der Waals surface area contributed by atoms with Crippen LogP contribution in [0, 0.1) is 0 Å². The quantitative estimate of drug-likeness (QED) is 0.0261. The Morgan fingerprint density at radius 3 is 0.792 bits per heavy atom. The lowest BCUT2D eigenvalue weighted by Gasteiger charge is -2.18. The molecule has 0 aromatic carbocycles. The summed E-state index contributed by atoms with van der Waals surface area (Å²) in [5.74, 6) is -0.932. The molecule has 0 radical (unpaired) electrons. The molecule has 0 bridgehead atoms. The summed E-state index contributed by atoms with van der Waals surface area (Å²) in [5, 5.41) is 0. The van der Waals surface area contributed by atoms with E-state index in [9.17, 15) is 14.4 Å². The van der Waals surface area contributed by atoms with Crippen molar-refractivity contribution in [3.8, 4) is 0 Å². The molecule has 0 fully saturated rings. The Morgan fingerprint density at radius 2 is 0.506 bits per heavy atom. The van der Waals surface area contributed by atoms with Crippen molar-refractivity contribution in [2.24, 2.45) is 0 Å². The fourth-order valence-electron chi connectivity index (χ4n) is 8.21. The van der Waals surface area contributed by atoms with Crippen molar-refractivity contribution in [2.45, 2.75) is 271 Å². The van der Waals surface area contributed by atoms with Crippen LogP contribution in [0.3, 0.4) is 0 Å². The van der Waals surface area contributed by atoms with E-state index in [2.05, 4.69) is 167 Å². The van der Waals surface area contributed by atoms with Gasteiger partial charge in [0.2, 0.25) is 0 Å². The molecule has 77 heavy (non-hydrogen) atoms. The molecule has 0 amide bonds. The second-order valence-electron chi connectivity index (χ2n) is 20.2. The van der Waals surface area contributed by atoms with E-state index in [0.717, 1.165) is 154 Å². The maximum absolute atomic E-state index is 12.9. The van der Waals surface area contributed by atoms with Gasteiger partial charge in [0.05, 0.1) is 0 Å². The zero-order chi connectivity index (χ0) is 55.7. The third kappa shape index (κ3) is 62.0. The molecule has 0 saturated carbocycles. The van der Waals surface area contributed by atoms with Gasteiger partial charge in [0.15, 0.2) is 6.10 Å². The average Bonchev–Trinajstić information content (AvgIpc) is 3.43. The second-order valence-corrected chi connectivity index (χ2v) is 20.2. The van der Waals surface area contributed by atoms with Crippen LogP contribution < -0.4 is 0 Å². The lowest BCUT2D eigenvalue weighted by atomic mass is 10.1. The molecule has 6 nitrogen and oxygen atoms in total. The fraction of sp³-hybridized carbons (Fsp3) is 0.620. The van der Waals surface area contributed by atoms with Crippen LogP contribution in [0.25, 0.3) is 0 Å². The lowest BCUT2D eigenvalue weighted by Crippen LogP contribution is -2.30. The van der Waals surface area contributed by atoms with E-state index < -0.39 is 6.10 Å². The predicted octanol–water partition coefficient (Wildman–Crippen LogP) is 21.5. The molecule has 0 rings (SSSR count). The Balaban J connectivity index is 4.33. The van der Waals surface area contributed by atoms with Gasteiger partial charge in [-0.3, -0.25) is 14.4 Å². The van der Waals surface area contributed by atoms with Gasteiger partial charge >= 0.3 is 17.9 Å². The largest absolute Gasteiger partial charge is 0.462 e. The molecule has 0 aromatic heterocycles. The van der Waals surface area contributed by atoms with Crippen molar-refractivity contribution in [2.75, 3.05) is 13.2 Å². The Bertz CT molecular complexity index is 1700. The predicted molar refractivity (Wildman–Crippen MR) is 334 cm³/mol. The summed E-state index contributed by atoms with van der Waals surface area (Å²) < 4.78 is 16.8. The summed E-state index contributed by atoms with van der Waals surface area (Å²) in [6.07, 6.45) is 91.4. The number of esters is 3. The summed E-state index contributed by atoms with van der Waals surface area (Å²) in [7, 11) is 0. The Hall–Kier alpha value is -4.71. The highest BCUT2D eigenvalue weighted by Gasteiger charge is 2.19. The number of unbranched alkanes of at least 4 members (excludes halogenated alkanes) is 20. The van der Waals surface area contributed by atoms with Gasteiger partial charge in [0.1, 0.15) is 13.2 Å². The van der Waals surface area contributed by atoms with Gasteiger partial charge in [-0.1, -0.05) is 269 Å². The monoisotopic (exact) mass is 1060 g/mol. The van der Waals surface area contributed by atoms with E-state index in [-0.39, 0.29) is 31.1 Å². The summed E-state index contributed by atoms with van der Waals surface area (Å²) in [6, 6.07) is 0. The number of ether oxygens (including phenoxy) is 3. The van der Waals surface area contributed by atoms with Crippen molar-refractivity contribution < 1.29 is 28.6 Å². The smallest absolute Gasteiger partial charge is 0.306 e. The van der Waals surface area contributed by atoms with Crippen LogP contribution >= 0.6 is 0 Å². The zero-order valence-corrected chi connectivity index (χ0v) is 49.7. The molecule has 0 aliphatic heterocycles. The number of allylic oxidation sites excluding steroid dienone is 24. The lowest BCUT2D eigenvalue weighted by molar-refractivity contribution is -0.167. The molecule has 1 atom stereocenters. The SMILES string of the molecule is CC/C=C\C/C=C\C/C=C\C/C=C\C/C=C\C/C=C\C/C=C\C/C=C\CCCCCCC(=O)OCC(COC(=O)CCCCCCCCCCC)OC(=O)CCCCCCCCCC/C=C\C/C=C\C/C=C\C/C=C\CC. The molecule has 0 saturated heterocycles. The summed E-state index contributed by atoms with van der Waals surface area (Å²) in [6.45, 7) is 6.36. The van der Waals surface area contributed by atoms with Crippen LogP contribution in [0.5, 0.6) is 0 Å². The number of carbonyl (C=O) groups excluding carboxylic acids is 3. The minimum Gasteiger partial charge on any atom is -0.462 e. The van der Waals surface area contributed by atoms with Crippen molar-refractivity contribution in [1.82, 2.24) is 0 Å². The minimum absolute atomic E-state index is 0.0929. The molecular formula is C71H114O6. The van der Waals surface area contributed by atoms with Gasteiger partial charge in [-0.25, -0.2) is 0 Å². The van der Waals surface area contributed by atoms with Gasteiger partial charge < -0.3 is 14.2 Å². The van der Waals surface area contributed by atoms with Crippen LogP contribution in [0.2, 0.25) is 0 Å². The summed E-state index contributed by atoms with van der Waals surface area (Å²) in [4.78, 5) is 38.2. The van der Waals surface area contributed by atoms with Crippen LogP contribution in [-0.4, -0.2) is 37.2 Å². The number of rotatable bonds is 55. The van der Waals surface area contributed by atoms with Crippen LogP contribution in [0.4, 0.5) is 0 Å². The maximum atomic E-state index is 12.9. The van der Waals surface area contributed by atoms with Gasteiger partial charge in [0, 0.05) is 19.3 Å². The topological polar surface area (TPSA) is 78.9 Å². The highest BCUT2D eigenvalue weighted by Crippen LogP contribution is 2.15. The summed E-state index contributed by atoms with van der Waals surface area (Å²) in [5.41, 5.74) is 0. The van der Waals surface area contributed by atoms with Crippen molar-refractivity contribution >= 4 is 17.9 Å². The third-order valence-electron chi connectivity index (χ3n) is 12.8. The van der Waals surface area contributed by atoms with Crippen LogP contribution in [0.1, 0.15) is 265 Å². The maximum Gasteiger partial charge on any atom is 0.306 e. The first-order chi connectivity index (χ1) is 38.0. The van der Waals surface area contributed by atoms with E-state index in [1.54, 1.807) is 0 Å². The first kappa shape index (κ1) is 72.3. The fourth-order valence-corrected chi connectivity index (χ4v) is 8.21. The molecule has 0 N–H and O–H groups in total. The van der Waals surface area contributed by atoms with E-state index in [1.165, 1.54) is 70.6 Å². The van der Waals surface area contributed by atoms with Crippen LogP contribution in [0.15, 0.2) is 146 Å². The van der Waals surface area contributed by atoms with E-state index in [4.69, 9.17) is 14.2 Å². The number of carbonyl (C=O) groups is 3. The first-order valence-electron chi connectivity index (χ1n) is 31.3. The highest BCUT2D eigenvalue weighted by molar-refractivity contribution is 5.71. The van der Waals surface area contributed by atoms with Gasteiger partial charge in [-0.05, 0) is 122 Å².